The molecule has 1 aromatic heterocycles. The van der Waals surface area contributed by atoms with Gasteiger partial charge < -0.3 is 19.2 Å². The monoisotopic (exact) mass is 413 g/mol. The SMILES string of the molecule is Cc1ccc(C(=O)c2oc3ccc(NC(=O)c4ccc5c(c4)OCO5)cc3c2C)cc1. The molecule has 4 aromatic rings. The van der Waals surface area contributed by atoms with Crippen LogP contribution in [0.1, 0.15) is 37.6 Å². The van der Waals surface area contributed by atoms with Gasteiger partial charge in [0.05, 0.1) is 0 Å². The Kier molecular flexibility index (Phi) is 4.47. The molecule has 0 aliphatic carbocycles. The molecule has 3 aromatic carbocycles. The first-order chi connectivity index (χ1) is 15.0. The number of ether oxygens (including phenoxy) is 2. The Labute approximate surface area is 178 Å². The number of fused-ring (bicyclic) bond motifs is 2. The van der Waals surface area contributed by atoms with Crippen LogP contribution in [0.5, 0.6) is 11.5 Å². The second-order valence-electron chi connectivity index (χ2n) is 7.48. The standard InChI is InChI=1S/C25H19NO5/c1-14-3-5-16(6-4-14)23(27)24-15(2)19-12-18(8-10-20(19)31-24)26-25(28)17-7-9-21-22(11-17)30-13-29-21/h3-12H,13H2,1-2H3,(H,26,28). The summed E-state index contributed by atoms with van der Waals surface area (Å²) in [5, 5.41) is 3.66. The first kappa shape index (κ1) is 18.9. The third kappa shape index (κ3) is 3.42. The van der Waals surface area contributed by atoms with Gasteiger partial charge >= 0.3 is 0 Å². The highest BCUT2D eigenvalue weighted by Gasteiger charge is 2.20. The maximum Gasteiger partial charge on any atom is 0.255 e. The van der Waals surface area contributed by atoms with E-state index < -0.39 is 0 Å². The van der Waals surface area contributed by atoms with E-state index in [1.54, 1.807) is 42.5 Å². The zero-order chi connectivity index (χ0) is 21.5. The fourth-order valence-electron chi connectivity index (χ4n) is 3.59. The van der Waals surface area contributed by atoms with E-state index in [9.17, 15) is 9.59 Å². The van der Waals surface area contributed by atoms with Crippen molar-refractivity contribution in [3.8, 4) is 11.5 Å². The minimum atomic E-state index is -0.269. The summed E-state index contributed by atoms with van der Waals surface area (Å²) >= 11 is 0. The third-order valence-electron chi connectivity index (χ3n) is 5.35. The van der Waals surface area contributed by atoms with Gasteiger partial charge in [0.1, 0.15) is 5.58 Å². The van der Waals surface area contributed by atoms with Gasteiger partial charge in [0.2, 0.25) is 12.6 Å². The van der Waals surface area contributed by atoms with E-state index in [4.69, 9.17) is 13.9 Å². The van der Waals surface area contributed by atoms with Crippen molar-refractivity contribution in [1.29, 1.82) is 0 Å². The van der Waals surface area contributed by atoms with Gasteiger partial charge in [-0.15, -0.1) is 0 Å². The van der Waals surface area contributed by atoms with Gasteiger partial charge in [0.15, 0.2) is 17.3 Å². The molecule has 0 bridgehead atoms. The molecule has 1 amide bonds. The molecule has 0 fully saturated rings. The molecule has 31 heavy (non-hydrogen) atoms. The Morgan fingerprint density at radius 1 is 0.839 bits per heavy atom. The number of hydrogen-bond donors (Lipinski definition) is 1. The fraction of sp³-hybridized carbons (Fsp3) is 0.120. The van der Waals surface area contributed by atoms with Crippen LogP contribution in [0.25, 0.3) is 11.0 Å². The van der Waals surface area contributed by atoms with E-state index >= 15 is 0 Å². The number of benzene rings is 3. The fourth-order valence-corrected chi connectivity index (χ4v) is 3.59. The Hall–Kier alpha value is -4.06. The van der Waals surface area contributed by atoms with Crippen molar-refractivity contribution >= 4 is 28.3 Å². The van der Waals surface area contributed by atoms with Gasteiger partial charge in [0, 0.05) is 27.8 Å². The highest BCUT2D eigenvalue weighted by Crippen LogP contribution is 2.33. The summed E-state index contributed by atoms with van der Waals surface area (Å²) in [4.78, 5) is 25.6. The molecule has 1 aliphatic heterocycles. The zero-order valence-corrected chi connectivity index (χ0v) is 17.0. The molecule has 0 unspecified atom stereocenters. The van der Waals surface area contributed by atoms with Crippen LogP contribution in [0.2, 0.25) is 0 Å². The molecule has 1 N–H and O–H groups in total. The van der Waals surface area contributed by atoms with Gasteiger partial charge in [-0.25, -0.2) is 0 Å². The van der Waals surface area contributed by atoms with Crippen molar-refractivity contribution in [3.05, 3.63) is 88.7 Å². The number of hydrogen-bond acceptors (Lipinski definition) is 5. The van der Waals surface area contributed by atoms with Crippen LogP contribution in [0, 0.1) is 13.8 Å². The number of furan rings is 1. The molecule has 6 nitrogen and oxygen atoms in total. The third-order valence-corrected chi connectivity index (χ3v) is 5.35. The van der Waals surface area contributed by atoms with Gasteiger partial charge in [-0.3, -0.25) is 9.59 Å². The molecule has 154 valence electrons. The number of rotatable bonds is 4. The number of nitrogens with one attached hydrogen (secondary N) is 1. The van der Waals surface area contributed by atoms with Crippen molar-refractivity contribution in [2.45, 2.75) is 13.8 Å². The molecule has 0 saturated heterocycles. The molecule has 0 spiro atoms. The van der Waals surface area contributed by atoms with Gasteiger partial charge in [-0.05, 0) is 50.2 Å². The maximum atomic E-state index is 12.9. The molecule has 1 aliphatic rings. The highest BCUT2D eigenvalue weighted by atomic mass is 16.7. The van der Waals surface area contributed by atoms with Crippen LogP contribution in [-0.4, -0.2) is 18.5 Å². The number of anilines is 1. The van der Waals surface area contributed by atoms with E-state index in [0.29, 0.717) is 39.7 Å². The van der Waals surface area contributed by atoms with Gasteiger partial charge in [-0.1, -0.05) is 29.8 Å². The largest absolute Gasteiger partial charge is 0.454 e. The summed E-state index contributed by atoms with van der Waals surface area (Å²) in [6.07, 6.45) is 0. The smallest absolute Gasteiger partial charge is 0.255 e. The first-order valence-electron chi connectivity index (χ1n) is 9.85. The first-order valence-corrected chi connectivity index (χ1v) is 9.85. The van der Waals surface area contributed by atoms with Crippen molar-refractivity contribution in [1.82, 2.24) is 0 Å². The van der Waals surface area contributed by atoms with Crippen molar-refractivity contribution < 1.29 is 23.5 Å². The van der Waals surface area contributed by atoms with Crippen molar-refractivity contribution in [3.63, 3.8) is 0 Å². The molecule has 0 radical (unpaired) electrons. The lowest BCUT2D eigenvalue weighted by atomic mass is 10.0. The normalized spacial score (nSPS) is 12.2. The maximum absolute atomic E-state index is 12.9. The van der Waals surface area contributed by atoms with Gasteiger partial charge in [-0.2, -0.15) is 0 Å². The summed E-state index contributed by atoms with van der Waals surface area (Å²) in [7, 11) is 0. The molecule has 0 saturated carbocycles. The molecular formula is C25H19NO5. The van der Waals surface area contributed by atoms with E-state index in [1.807, 2.05) is 32.0 Å². The topological polar surface area (TPSA) is 77.8 Å². The van der Waals surface area contributed by atoms with Crippen molar-refractivity contribution in [2.75, 3.05) is 12.1 Å². The summed E-state index contributed by atoms with van der Waals surface area (Å²) in [6, 6.07) is 17.7. The van der Waals surface area contributed by atoms with Crippen LogP contribution in [0.3, 0.4) is 0 Å². The molecule has 2 heterocycles. The van der Waals surface area contributed by atoms with Crippen LogP contribution in [0.15, 0.2) is 65.1 Å². The van der Waals surface area contributed by atoms with E-state index in [-0.39, 0.29) is 18.5 Å². The number of carbonyl (C=O) groups is 2. The Bertz CT molecular complexity index is 1330. The molecule has 0 atom stereocenters. The summed E-state index contributed by atoms with van der Waals surface area (Å²) < 4.78 is 16.5. The second-order valence-corrected chi connectivity index (χ2v) is 7.48. The molecule has 6 heteroatoms. The quantitative estimate of drug-likeness (QED) is 0.462. The number of aryl methyl sites for hydroxylation is 2. The van der Waals surface area contributed by atoms with E-state index in [0.717, 1.165) is 16.5 Å². The predicted molar refractivity (Wildman–Crippen MR) is 116 cm³/mol. The lowest BCUT2D eigenvalue weighted by molar-refractivity contribution is 0.101. The van der Waals surface area contributed by atoms with Gasteiger partial charge in [0.25, 0.3) is 5.91 Å². The van der Waals surface area contributed by atoms with Crippen LogP contribution in [-0.2, 0) is 0 Å². The minimum absolute atomic E-state index is 0.153. The van der Waals surface area contributed by atoms with E-state index in [1.165, 1.54) is 0 Å². The zero-order valence-electron chi connectivity index (χ0n) is 17.0. The summed E-state index contributed by atoms with van der Waals surface area (Å²) in [5.74, 6) is 1.04. The molecule has 5 rings (SSSR count). The van der Waals surface area contributed by atoms with Crippen molar-refractivity contribution in [2.24, 2.45) is 0 Å². The minimum Gasteiger partial charge on any atom is -0.454 e. The predicted octanol–water partition coefficient (Wildman–Crippen LogP) is 5.26. The lowest BCUT2D eigenvalue weighted by Crippen LogP contribution is -2.11. The average Bonchev–Trinajstić information content (AvgIpc) is 3.38. The average molecular weight is 413 g/mol. The summed E-state index contributed by atoms with van der Waals surface area (Å²) in [5.41, 5.74) is 4.05. The second kappa shape index (κ2) is 7.32. The number of carbonyl (C=O) groups excluding carboxylic acids is 2. The number of amides is 1. The Balaban J connectivity index is 1.42. The molecular weight excluding hydrogens is 394 g/mol. The van der Waals surface area contributed by atoms with Crippen LogP contribution < -0.4 is 14.8 Å². The van der Waals surface area contributed by atoms with Crippen LogP contribution in [0.4, 0.5) is 5.69 Å². The number of ketones is 1. The summed E-state index contributed by atoms with van der Waals surface area (Å²) in [6.45, 7) is 3.97. The van der Waals surface area contributed by atoms with E-state index in [2.05, 4.69) is 5.32 Å². The Morgan fingerprint density at radius 3 is 2.39 bits per heavy atom. The highest BCUT2D eigenvalue weighted by molar-refractivity contribution is 6.11. The van der Waals surface area contributed by atoms with Crippen LogP contribution >= 0.6 is 0 Å². The Morgan fingerprint density at radius 2 is 1.58 bits per heavy atom. The lowest BCUT2D eigenvalue weighted by Gasteiger charge is -2.06.